The molecule has 7 nitrogen and oxygen atoms in total. The lowest BCUT2D eigenvalue weighted by molar-refractivity contribution is -0.160. The van der Waals surface area contributed by atoms with Gasteiger partial charge in [-0.1, -0.05) is 0 Å². The minimum absolute atomic E-state index is 0.207. The molecule has 1 fully saturated rings. The van der Waals surface area contributed by atoms with E-state index in [1.54, 1.807) is 30.6 Å². The molecule has 1 aromatic rings. The molecule has 22 heavy (non-hydrogen) atoms. The molecule has 7 heteroatoms. The van der Waals surface area contributed by atoms with E-state index in [9.17, 15) is 9.90 Å². The van der Waals surface area contributed by atoms with E-state index in [1.807, 2.05) is 11.9 Å². The van der Waals surface area contributed by atoms with Gasteiger partial charge in [0, 0.05) is 51.9 Å². The van der Waals surface area contributed by atoms with Gasteiger partial charge in [-0.15, -0.1) is 0 Å². The second-order valence-corrected chi connectivity index (χ2v) is 5.79. The SMILES string of the molecule is COCCN1CCCC(O)(CN(C)Cc2cnccn2)C1=O. The van der Waals surface area contributed by atoms with Gasteiger partial charge in [-0.25, -0.2) is 0 Å². The van der Waals surface area contributed by atoms with Gasteiger partial charge in [-0.3, -0.25) is 19.7 Å². The van der Waals surface area contributed by atoms with Crippen LogP contribution in [-0.4, -0.2) is 76.8 Å². The molecule has 0 saturated carbocycles. The average molecular weight is 308 g/mol. The second-order valence-electron chi connectivity index (χ2n) is 5.79. The van der Waals surface area contributed by atoms with E-state index in [1.165, 1.54) is 0 Å². The number of nitrogens with zero attached hydrogens (tertiary/aromatic N) is 4. The summed E-state index contributed by atoms with van der Waals surface area (Å²) < 4.78 is 5.02. The maximum absolute atomic E-state index is 12.5. The predicted octanol–water partition coefficient (Wildman–Crippen LogP) is -0.0917. The molecule has 1 atom stereocenters. The molecule has 1 amide bonds. The van der Waals surface area contributed by atoms with Gasteiger partial charge in [0.15, 0.2) is 5.60 Å². The Bertz CT molecular complexity index is 485. The zero-order valence-electron chi connectivity index (χ0n) is 13.2. The number of rotatable bonds is 7. The number of carbonyl (C=O) groups excluding carboxylic acids is 1. The Morgan fingerprint density at radius 2 is 2.32 bits per heavy atom. The molecule has 1 unspecified atom stereocenters. The average Bonchev–Trinajstić information content (AvgIpc) is 2.50. The topological polar surface area (TPSA) is 78.8 Å². The number of methoxy groups -OCH3 is 1. The zero-order chi connectivity index (χ0) is 16.0. The summed E-state index contributed by atoms with van der Waals surface area (Å²) in [5, 5.41) is 10.7. The Balaban J connectivity index is 1.95. The van der Waals surface area contributed by atoms with Crippen molar-refractivity contribution >= 4 is 5.91 Å². The lowest BCUT2D eigenvalue weighted by Crippen LogP contribution is -2.58. The maximum Gasteiger partial charge on any atom is 0.255 e. The van der Waals surface area contributed by atoms with Crippen LogP contribution in [0.4, 0.5) is 0 Å². The molecule has 0 spiro atoms. The molecule has 1 N–H and O–H groups in total. The highest BCUT2D eigenvalue weighted by Crippen LogP contribution is 2.24. The third kappa shape index (κ3) is 4.22. The first-order valence-corrected chi connectivity index (χ1v) is 7.49. The molecule has 0 aliphatic carbocycles. The normalized spacial score (nSPS) is 22.4. The highest BCUT2D eigenvalue weighted by molar-refractivity contribution is 5.86. The standard InChI is InChI=1S/C15H24N4O3/c1-18(11-13-10-16-5-6-17-13)12-15(21)4-3-7-19(14(15)20)8-9-22-2/h5-6,10,21H,3-4,7-9,11-12H2,1-2H3. The van der Waals surface area contributed by atoms with Crippen LogP contribution in [0.25, 0.3) is 0 Å². The van der Waals surface area contributed by atoms with Gasteiger partial charge in [0.05, 0.1) is 12.3 Å². The van der Waals surface area contributed by atoms with Crippen molar-refractivity contribution in [3.8, 4) is 0 Å². The van der Waals surface area contributed by atoms with Crippen molar-refractivity contribution in [3.05, 3.63) is 24.3 Å². The van der Waals surface area contributed by atoms with Crippen LogP contribution in [0.5, 0.6) is 0 Å². The molecule has 122 valence electrons. The molecule has 1 aliphatic rings. The molecule has 0 aromatic carbocycles. The Morgan fingerprint density at radius 3 is 3.00 bits per heavy atom. The molecule has 2 heterocycles. The fraction of sp³-hybridized carbons (Fsp3) is 0.667. The predicted molar refractivity (Wildman–Crippen MR) is 81.0 cm³/mol. The second kappa shape index (κ2) is 7.62. The van der Waals surface area contributed by atoms with Crippen LogP contribution >= 0.6 is 0 Å². The summed E-state index contributed by atoms with van der Waals surface area (Å²) in [5.74, 6) is -0.207. The Labute approximate surface area is 130 Å². The van der Waals surface area contributed by atoms with Crippen LogP contribution in [0, 0.1) is 0 Å². The minimum atomic E-state index is -1.33. The number of amides is 1. The van der Waals surface area contributed by atoms with Crippen molar-refractivity contribution in [2.45, 2.75) is 25.0 Å². The summed E-state index contributed by atoms with van der Waals surface area (Å²) in [5.41, 5.74) is -0.517. The quantitative estimate of drug-likeness (QED) is 0.758. The number of ether oxygens (including phenoxy) is 1. The fourth-order valence-electron chi connectivity index (χ4n) is 2.82. The van der Waals surface area contributed by atoms with Crippen LogP contribution < -0.4 is 0 Å². The molecule has 1 saturated heterocycles. The van der Waals surface area contributed by atoms with Crippen LogP contribution in [0.15, 0.2) is 18.6 Å². The highest BCUT2D eigenvalue weighted by atomic mass is 16.5. The lowest BCUT2D eigenvalue weighted by Gasteiger charge is -2.40. The monoisotopic (exact) mass is 308 g/mol. The number of aliphatic hydroxyl groups is 1. The van der Waals surface area contributed by atoms with Crippen molar-refractivity contribution in [2.24, 2.45) is 0 Å². The van der Waals surface area contributed by atoms with Gasteiger partial charge >= 0.3 is 0 Å². The third-order valence-electron chi connectivity index (χ3n) is 3.85. The molecular formula is C15H24N4O3. The number of likely N-dealkylation sites (tertiary alicyclic amines) is 1. The highest BCUT2D eigenvalue weighted by Gasteiger charge is 2.42. The van der Waals surface area contributed by atoms with Gasteiger partial charge in [0.1, 0.15) is 0 Å². The molecular weight excluding hydrogens is 284 g/mol. The molecule has 0 radical (unpaired) electrons. The number of piperidine rings is 1. The van der Waals surface area contributed by atoms with Crippen LogP contribution in [-0.2, 0) is 16.1 Å². The van der Waals surface area contributed by atoms with E-state index in [0.717, 1.165) is 12.1 Å². The number of aromatic nitrogens is 2. The van der Waals surface area contributed by atoms with Crippen LogP contribution in [0.2, 0.25) is 0 Å². The van der Waals surface area contributed by atoms with Crippen LogP contribution in [0.3, 0.4) is 0 Å². The fourth-order valence-corrected chi connectivity index (χ4v) is 2.82. The number of carbonyl (C=O) groups is 1. The van der Waals surface area contributed by atoms with E-state index in [4.69, 9.17) is 4.74 Å². The first-order chi connectivity index (χ1) is 10.5. The van der Waals surface area contributed by atoms with E-state index >= 15 is 0 Å². The van der Waals surface area contributed by atoms with E-state index in [2.05, 4.69) is 9.97 Å². The largest absolute Gasteiger partial charge is 0.383 e. The smallest absolute Gasteiger partial charge is 0.255 e. The van der Waals surface area contributed by atoms with E-state index in [-0.39, 0.29) is 12.5 Å². The summed E-state index contributed by atoms with van der Waals surface area (Å²) in [7, 11) is 3.48. The summed E-state index contributed by atoms with van der Waals surface area (Å²) in [6.07, 6.45) is 6.23. The Morgan fingerprint density at radius 1 is 1.50 bits per heavy atom. The molecule has 0 bridgehead atoms. The Hall–Kier alpha value is -1.57. The van der Waals surface area contributed by atoms with Crippen molar-refractivity contribution in [1.82, 2.24) is 19.8 Å². The van der Waals surface area contributed by atoms with Crippen LogP contribution in [0.1, 0.15) is 18.5 Å². The minimum Gasteiger partial charge on any atom is -0.383 e. The Kier molecular flexibility index (Phi) is 5.82. The summed E-state index contributed by atoms with van der Waals surface area (Å²) in [4.78, 5) is 24.3. The van der Waals surface area contributed by atoms with Gasteiger partial charge < -0.3 is 14.7 Å². The lowest BCUT2D eigenvalue weighted by atomic mass is 9.91. The van der Waals surface area contributed by atoms with E-state index in [0.29, 0.717) is 32.7 Å². The van der Waals surface area contributed by atoms with Gasteiger partial charge in [0.25, 0.3) is 5.91 Å². The van der Waals surface area contributed by atoms with Gasteiger partial charge in [-0.05, 0) is 19.9 Å². The molecule has 1 aliphatic heterocycles. The summed E-state index contributed by atoms with van der Waals surface area (Å²) in [6.45, 7) is 2.51. The summed E-state index contributed by atoms with van der Waals surface area (Å²) >= 11 is 0. The first-order valence-electron chi connectivity index (χ1n) is 7.49. The number of likely N-dealkylation sites (N-methyl/N-ethyl adjacent to an activating group) is 1. The van der Waals surface area contributed by atoms with Crippen molar-refractivity contribution < 1.29 is 14.6 Å². The number of hydrogen-bond acceptors (Lipinski definition) is 6. The van der Waals surface area contributed by atoms with Gasteiger partial charge in [0.2, 0.25) is 0 Å². The zero-order valence-corrected chi connectivity index (χ0v) is 13.2. The van der Waals surface area contributed by atoms with E-state index < -0.39 is 5.60 Å². The molecule has 1 aromatic heterocycles. The maximum atomic E-state index is 12.5. The van der Waals surface area contributed by atoms with Gasteiger partial charge in [-0.2, -0.15) is 0 Å². The van der Waals surface area contributed by atoms with Crippen molar-refractivity contribution in [1.29, 1.82) is 0 Å². The van der Waals surface area contributed by atoms with Crippen molar-refractivity contribution in [3.63, 3.8) is 0 Å². The van der Waals surface area contributed by atoms with Crippen molar-refractivity contribution in [2.75, 3.05) is 40.4 Å². The summed E-state index contributed by atoms with van der Waals surface area (Å²) in [6, 6.07) is 0. The third-order valence-corrected chi connectivity index (χ3v) is 3.85. The molecule has 2 rings (SSSR count). The number of hydrogen-bond donors (Lipinski definition) is 1. The first kappa shape index (κ1) is 16.8.